The minimum absolute atomic E-state index is 0. The molecule has 0 radical (unpaired) electrons. The minimum atomic E-state index is -0.691. The molecule has 1 aliphatic heterocycles. The molecule has 2 N–H and O–H groups in total. The quantitative estimate of drug-likeness (QED) is 0.862. The molecular formula is C13H17ClF2N2O. The summed E-state index contributed by atoms with van der Waals surface area (Å²) in [5.41, 5.74) is 5.65. The maximum atomic E-state index is 13.5. The second-order valence-corrected chi connectivity index (χ2v) is 4.81. The van der Waals surface area contributed by atoms with Crippen molar-refractivity contribution in [2.24, 2.45) is 11.7 Å². The van der Waals surface area contributed by atoms with Crippen molar-refractivity contribution in [3.63, 3.8) is 0 Å². The fraction of sp³-hybridized carbons (Fsp3) is 0.462. The first-order valence-electron chi connectivity index (χ1n) is 5.99. The molecule has 1 aliphatic rings. The van der Waals surface area contributed by atoms with E-state index in [1.54, 1.807) is 0 Å². The van der Waals surface area contributed by atoms with Crippen molar-refractivity contribution in [1.82, 2.24) is 4.90 Å². The molecule has 106 valence electrons. The SMILES string of the molecule is CC1CN(C(=O)c2cc(F)ccc2F)CCC1N.Cl. The van der Waals surface area contributed by atoms with Gasteiger partial charge in [-0.15, -0.1) is 12.4 Å². The van der Waals surface area contributed by atoms with Crippen LogP contribution in [-0.4, -0.2) is 29.9 Å². The van der Waals surface area contributed by atoms with Gasteiger partial charge in [0.05, 0.1) is 5.56 Å². The van der Waals surface area contributed by atoms with Crippen LogP contribution in [0.1, 0.15) is 23.7 Å². The minimum Gasteiger partial charge on any atom is -0.338 e. The van der Waals surface area contributed by atoms with Gasteiger partial charge in [0.25, 0.3) is 5.91 Å². The van der Waals surface area contributed by atoms with Crippen LogP contribution in [-0.2, 0) is 0 Å². The van der Waals surface area contributed by atoms with Gasteiger partial charge in [-0.05, 0) is 30.5 Å². The third-order valence-electron chi connectivity index (χ3n) is 3.42. The van der Waals surface area contributed by atoms with E-state index >= 15 is 0 Å². The highest BCUT2D eigenvalue weighted by molar-refractivity contribution is 5.94. The number of rotatable bonds is 1. The van der Waals surface area contributed by atoms with Gasteiger partial charge in [-0.25, -0.2) is 8.78 Å². The summed E-state index contributed by atoms with van der Waals surface area (Å²) >= 11 is 0. The molecule has 0 spiro atoms. The lowest BCUT2D eigenvalue weighted by atomic mass is 9.94. The summed E-state index contributed by atoms with van der Waals surface area (Å²) in [6.07, 6.45) is 0.684. The normalized spacial score (nSPS) is 22.8. The van der Waals surface area contributed by atoms with Crippen molar-refractivity contribution in [1.29, 1.82) is 0 Å². The molecule has 0 saturated carbocycles. The number of amides is 1. The van der Waals surface area contributed by atoms with Gasteiger partial charge in [0, 0.05) is 19.1 Å². The number of nitrogens with two attached hydrogens (primary N) is 1. The Morgan fingerprint density at radius 2 is 2.11 bits per heavy atom. The first-order valence-corrected chi connectivity index (χ1v) is 5.99. The summed E-state index contributed by atoms with van der Waals surface area (Å²) in [4.78, 5) is 13.6. The summed E-state index contributed by atoms with van der Waals surface area (Å²) in [5, 5.41) is 0. The lowest BCUT2D eigenvalue weighted by Gasteiger charge is -2.35. The zero-order chi connectivity index (χ0) is 13.3. The number of benzene rings is 1. The van der Waals surface area contributed by atoms with Crippen LogP contribution in [0.2, 0.25) is 0 Å². The van der Waals surface area contributed by atoms with Gasteiger partial charge < -0.3 is 10.6 Å². The van der Waals surface area contributed by atoms with Crippen molar-refractivity contribution in [3.05, 3.63) is 35.4 Å². The van der Waals surface area contributed by atoms with E-state index in [1.165, 1.54) is 4.90 Å². The van der Waals surface area contributed by atoms with Gasteiger partial charge in [0.15, 0.2) is 0 Å². The molecule has 1 amide bonds. The Hall–Kier alpha value is -1.20. The van der Waals surface area contributed by atoms with E-state index in [1.807, 2.05) is 6.92 Å². The Kier molecular flexibility index (Phi) is 5.26. The maximum absolute atomic E-state index is 13.5. The Bertz CT molecular complexity index is 470. The maximum Gasteiger partial charge on any atom is 0.256 e. The van der Waals surface area contributed by atoms with Crippen molar-refractivity contribution in [3.8, 4) is 0 Å². The van der Waals surface area contributed by atoms with E-state index in [-0.39, 0.29) is 29.9 Å². The van der Waals surface area contributed by atoms with Crippen LogP contribution >= 0.6 is 12.4 Å². The first-order chi connectivity index (χ1) is 8.49. The van der Waals surface area contributed by atoms with Crippen molar-refractivity contribution in [2.75, 3.05) is 13.1 Å². The molecule has 0 aromatic heterocycles. The van der Waals surface area contributed by atoms with Crippen LogP contribution in [0.5, 0.6) is 0 Å². The lowest BCUT2D eigenvalue weighted by Crippen LogP contribution is -2.48. The van der Waals surface area contributed by atoms with E-state index in [0.717, 1.165) is 18.2 Å². The molecule has 0 aliphatic carbocycles. The molecule has 1 heterocycles. The molecule has 6 heteroatoms. The van der Waals surface area contributed by atoms with Crippen LogP contribution in [0.4, 0.5) is 8.78 Å². The van der Waals surface area contributed by atoms with E-state index in [4.69, 9.17) is 5.73 Å². The van der Waals surface area contributed by atoms with E-state index in [0.29, 0.717) is 19.5 Å². The largest absolute Gasteiger partial charge is 0.338 e. The molecule has 1 aromatic rings. The van der Waals surface area contributed by atoms with Gasteiger partial charge in [0.2, 0.25) is 0 Å². The number of nitrogens with zero attached hydrogens (tertiary/aromatic N) is 1. The van der Waals surface area contributed by atoms with Gasteiger partial charge in [-0.1, -0.05) is 6.92 Å². The fourth-order valence-electron chi connectivity index (χ4n) is 2.18. The Balaban J connectivity index is 0.00000180. The summed E-state index contributed by atoms with van der Waals surface area (Å²) in [5.74, 6) is -1.60. The van der Waals surface area contributed by atoms with Crippen LogP contribution in [0.25, 0.3) is 0 Å². The summed E-state index contributed by atoms with van der Waals surface area (Å²) in [7, 11) is 0. The summed E-state index contributed by atoms with van der Waals surface area (Å²) in [6, 6.07) is 2.98. The fourth-order valence-corrected chi connectivity index (χ4v) is 2.18. The summed E-state index contributed by atoms with van der Waals surface area (Å²) in [6.45, 7) is 2.92. The van der Waals surface area contributed by atoms with Crippen LogP contribution in [0.3, 0.4) is 0 Å². The zero-order valence-electron chi connectivity index (χ0n) is 10.6. The highest BCUT2D eigenvalue weighted by Gasteiger charge is 2.28. The topological polar surface area (TPSA) is 46.3 Å². The molecule has 0 bridgehead atoms. The number of hydrogen-bond acceptors (Lipinski definition) is 2. The number of carbonyl (C=O) groups excluding carboxylic acids is 1. The van der Waals surface area contributed by atoms with E-state index in [2.05, 4.69) is 0 Å². The monoisotopic (exact) mass is 290 g/mol. The van der Waals surface area contributed by atoms with Gasteiger partial charge in [-0.3, -0.25) is 4.79 Å². The predicted octanol–water partition coefficient (Wildman–Crippen LogP) is 2.20. The van der Waals surface area contributed by atoms with Gasteiger partial charge in [-0.2, -0.15) is 0 Å². The Morgan fingerprint density at radius 3 is 2.74 bits per heavy atom. The van der Waals surface area contributed by atoms with Gasteiger partial charge >= 0.3 is 0 Å². The Morgan fingerprint density at radius 1 is 1.42 bits per heavy atom. The van der Waals surface area contributed by atoms with Crippen LogP contribution in [0.15, 0.2) is 18.2 Å². The third-order valence-corrected chi connectivity index (χ3v) is 3.42. The van der Waals surface area contributed by atoms with Crippen molar-refractivity contribution in [2.45, 2.75) is 19.4 Å². The van der Waals surface area contributed by atoms with Gasteiger partial charge in [0.1, 0.15) is 11.6 Å². The molecule has 1 aromatic carbocycles. The number of piperidine rings is 1. The zero-order valence-corrected chi connectivity index (χ0v) is 11.4. The number of likely N-dealkylation sites (tertiary alicyclic amines) is 1. The second kappa shape index (κ2) is 6.30. The molecule has 2 atom stereocenters. The standard InChI is InChI=1S/C13H16F2N2O.ClH/c1-8-7-17(5-4-12(8)16)13(18)10-6-9(14)2-3-11(10)15;/h2-3,6,8,12H,4-5,7,16H2,1H3;1H. The first kappa shape index (κ1) is 15.9. The Labute approximate surface area is 117 Å². The molecule has 3 nitrogen and oxygen atoms in total. The van der Waals surface area contributed by atoms with Crippen LogP contribution in [0, 0.1) is 17.6 Å². The average molecular weight is 291 g/mol. The molecule has 1 saturated heterocycles. The molecule has 1 fully saturated rings. The third kappa shape index (κ3) is 3.42. The highest BCUT2D eigenvalue weighted by Crippen LogP contribution is 2.19. The molecule has 19 heavy (non-hydrogen) atoms. The van der Waals surface area contributed by atoms with E-state index < -0.39 is 17.5 Å². The predicted molar refractivity (Wildman–Crippen MR) is 71.3 cm³/mol. The molecule has 2 unspecified atom stereocenters. The van der Waals surface area contributed by atoms with E-state index in [9.17, 15) is 13.6 Å². The number of hydrogen-bond donors (Lipinski definition) is 1. The average Bonchev–Trinajstić information content (AvgIpc) is 2.35. The highest BCUT2D eigenvalue weighted by atomic mass is 35.5. The second-order valence-electron chi connectivity index (χ2n) is 4.81. The molecular weight excluding hydrogens is 274 g/mol. The van der Waals surface area contributed by atoms with Crippen molar-refractivity contribution < 1.29 is 13.6 Å². The molecule has 2 rings (SSSR count). The summed E-state index contributed by atoms with van der Waals surface area (Å²) < 4.78 is 26.6. The van der Waals surface area contributed by atoms with Crippen molar-refractivity contribution >= 4 is 18.3 Å². The number of halogens is 3. The lowest BCUT2D eigenvalue weighted by molar-refractivity contribution is 0.0659. The number of carbonyl (C=O) groups is 1. The van der Waals surface area contributed by atoms with Crippen LogP contribution < -0.4 is 5.73 Å². The smallest absolute Gasteiger partial charge is 0.256 e.